The Kier molecular flexibility index (Phi) is 10.5. The number of hydrogen-bond acceptors (Lipinski definition) is 6. The van der Waals surface area contributed by atoms with Crippen molar-refractivity contribution in [3.8, 4) is 0 Å². The van der Waals surface area contributed by atoms with E-state index in [-0.39, 0.29) is 30.7 Å². The first-order chi connectivity index (χ1) is 19.8. The van der Waals surface area contributed by atoms with Crippen LogP contribution in [0.4, 0.5) is 5.69 Å². The Labute approximate surface area is 242 Å². The molecule has 1 fully saturated rings. The molecule has 1 aliphatic rings. The van der Waals surface area contributed by atoms with Gasteiger partial charge in [0, 0.05) is 74.0 Å². The number of nitrogens with one attached hydrogen (secondary N) is 1. The number of benzene rings is 2. The van der Waals surface area contributed by atoms with Crippen molar-refractivity contribution in [2.75, 3.05) is 39.2 Å². The van der Waals surface area contributed by atoms with E-state index in [0.29, 0.717) is 25.3 Å². The number of carbonyl (C=O) groups excluding carboxylic acids is 3. The van der Waals surface area contributed by atoms with Crippen LogP contribution in [-0.4, -0.2) is 67.2 Å². The van der Waals surface area contributed by atoms with Crippen LogP contribution < -0.4 is 11.1 Å². The number of nitrogens with two attached hydrogens (primary N) is 1. The summed E-state index contributed by atoms with van der Waals surface area (Å²) in [5.74, 6) is -0.652. The number of amides is 2. The number of piperidine rings is 1. The standard InChI is InChI=1S/C32H42N4O5/c1-22-27-9-4-5-10-28(27)36(16-7-17-40-2)32(22)24-8-6-15-35(21-24)30(38)19-25(33)18-23-11-13-26(14-12-23)34-29(37)20-31(39)41-3/h4-5,9-14,24-25H,6-8,15-21,33H2,1-3H3,(H,34,37). The quantitative estimate of drug-likeness (QED) is 0.195. The zero-order valence-corrected chi connectivity index (χ0v) is 24.4. The molecule has 220 valence electrons. The van der Waals surface area contributed by atoms with Crippen molar-refractivity contribution < 1.29 is 23.9 Å². The molecule has 0 bridgehead atoms. The number of methoxy groups -OCH3 is 2. The van der Waals surface area contributed by atoms with Crippen LogP contribution in [0.5, 0.6) is 0 Å². The summed E-state index contributed by atoms with van der Waals surface area (Å²) in [6.07, 6.45) is 3.45. The Hall–Kier alpha value is -3.69. The molecule has 2 amide bonds. The fraction of sp³-hybridized carbons (Fsp3) is 0.469. The van der Waals surface area contributed by atoms with Gasteiger partial charge in [-0.05, 0) is 61.9 Å². The Morgan fingerprint density at radius 1 is 1.10 bits per heavy atom. The molecule has 9 nitrogen and oxygen atoms in total. The van der Waals surface area contributed by atoms with Crippen molar-refractivity contribution in [2.45, 2.75) is 64.0 Å². The molecule has 9 heteroatoms. The first-order valence-corrected chi connectivity index (χ1v) is 14.4. The molecule has 1 aliphatic heterocycles. The number of esters is 1. The van der Waals surface area contributed by atoms with Crippen LogP contribution in [0.25, 0.3) is 10.9 Å². The summed E-state index contributed by atoms with van der Waals surface area (Å²) >= 11 is 0. The first kappa shape index (κ1) is 30.3. The van der Waals surface area contributed by atoms with Gasteiger partial charge in [0.25, 0.3) is 0 Å². The number of nitrogens with zero attached hydrogens (tertiary/aromatic N) is 2. The zero-order chi connectivity index (χ0) is 29.4. The highest BCUT2D eigenvalue weighted by Gasteiger charge is 2.29. The fourth-order valence-electron chi connectivity index (χ4n) is 5.92. The number of ether oxygens (including phenoxy) is 2. The average molecular weight is 563 g/mol. The van der Waals surface area contributed by atoms with Gasteiger partial charge in [-0.2, -0.15) is 0 Å². The number of para-hydroxylation sites is 1. The van der Waals surface area contributed by atoms with Crippen LogP contribution in [0.2, 0.25) is 0 Å². The van der Waals surface area contributed by atoms with Crippen LogP contribution in [0, 0.1) is 6.92 Å². The summed E-state index contributed by atoms with van der Waals surface area (Å²) < 4.78 is 12.3. The van der Waals surface area contributed by atoms with Gasteiger partial charge in [0.05, 0.1) is 7.11 Å². The predicted octanol–water partition coefficient (Wildman–Crippen LogP) is 4.15. The molecule has 2 heterocycles. The van der Waals surface area contributed by atoms with Gasteiger partial charge in [-0.1, -0.05) is 30.3 Å². The lowest BCUT2D eigenvalue weighted by Gasteiger charge is -2.34. The summed E-state index contributed by atoms with van der Waals surface area (Å²) in [5.41, 5.74) is 11.9. The highest BCUT2D eigenvalue weighted by Crippen LogP contribution is 2.36. The highest BCUT2D eigenvalue weighted by atomic mass is 16.5. The van der Waals surface area contributed by atoms with Crippen molar-refractivity contribution >= 4 is 34.4 Å². The third-order valence-corrected chi connectivity index (χ3v) is 7.87. The minimum Gasteiger partial charge on any atom is -0.469 e. The molecular weight excluding hydrogens is 520 g/mol. The van der Waals surface area contributed by atoms with E-state index in [1.54, 1.807) is 19.2 Å². The number of rotatable bonds is 12. The van der Waals surface area contributed by atoms with E-state index in [1.165, 1.54) is 29.3 Å². The lowest BCUT2D eigenvalue weighted by molar-refractivity contribution is -0.142. The van der Waals surface area contributed by atoms with Crippen molar-refractivity contribution in [2.24, 2.45) is 5.73 Å². The van der Waals surface area contributed by atoms with E-state index >= 15 is 0 Å². The van der Waals surface area contributed by atoms with Gasteiger partial charge in [-0.15, -0.1) is 0 Å². The summed E-state index contributed by atoms with van der Waals surface area (Å²) in [6.45, 7) is 5.26. The lowest BCUT2D eigenvalue weighted by atomic mass is 9.91. The second-order valence-corrected chi connectivity index (χ2v) is 10.9. The molecule has 41 heavy (non-hydrogen) atoms. The van der Waals surface area contributed by atoms with Gasteiger partial charge < -0.3 is 30.0 Å². The van der Waals surface area contributed by atoms with Gasteiger partial charge in [0.1, 0.15) is 6.42 Å². The molecule has 3 N–H and O–H groups in total. The smallest absolute Gasteiger partial charge is 0.315 e. The molecule has 3 aromatic rings. The number of fused-ring (bicyclic) bond motifs is 1. The van der Waals surface area contributed by atoms with Crippen LogP contribution in [0.1, 0.15) is 54.8 Å². The molecule has 0 radical (unpaired) electrons. The SMILES string of the molecule is COCCCn1c(C2CCCN(C(=O)CC(N)Cc3ccc(NC(=O)CC(=O)OC)cc3)C2)c(C)c2ccccc21. The number of carbonyl (C=O) groups is 3. The van der Waals surface area contributed by atoms with Crippen LogP contribution in [-0.2, 0) is 36.8 Å². The van der Waals surface area contributed by atoms with Crippen molar-refractivity contribution in [3.05, 3.63) is 65.4 Å². The Morgan fingerprint density at radius 2 is 1.85 bits per heavy atom. The molecule has 4 rings (SSSR count). The summed E-state index contributed by atoms with van der Waals surface area (Å²) in [5, 5.41) is 3.95. The van der Waals surface area contributed by atoms with Crippen molar-refractivity contribution in [1.29, 1.82) is 0 Å². The number of hydrogen-bond donors (Lipinski definition) is 2. The average Bonchev–Trinajstić information content (AvgIpc) is 3.25. The van der Waals surface area contributed by atoms with Gasteiger partial charge in [-0.25, -0.2) is 0 Å². The van der Waals surface area contributed by atoms with Gasteiger partial charge in [-0.3, -0.25) is 14.4 Å². The molecule has 0 aliphatic carbocycles. The lowest BCUT2D eigenvalue weighted by Crippen LogP contribution is -2.42. The molecular formula is C32H42N4O5. The van der Waals surface area contributed by atoms with Crippen LogP contribution in [0.15, 0.2) is 48.5 Å². The van der Waals surface area contributed by atoms with E-state index in [2.05, 4.69) is 45.8 Å². The van der Waals surface area contributed by atoms with E-state index in [0.717, 1.165) is 37.9 Å². The third-order valence-electron chi connectivity index (χ3n) is 7.87. The van der Waals surface area contributed by atoms with Crippen molar-refractivity contribution in [3.63, 3.8) is 0 Å². The largest absolute Gasteiger partial charge is 0.469 e. The maximum absolute atomic E-state index is 13.4. The minimum atomic E-state index is -0.589. The second kappa shape index (κ2) is 14.3. The zero-order valence-electron chi connectivity index (χ0n) is 24.4. The number of aromatic nitrogens is 1. The van der Waals surface area contributed by atoms with Crippen molar-refractivity contribution in [1.82, 2.24) is 9.47 Å². The van der Waals surface area contributed by atoms with Gasteiger partial charge in [0.2, 0.25) is 11.8 Å². The molecule has 2 unspecified atom stereocenters. The van der Waals surface area contributed by atoms with E-state index in [4.69, 9.17) is 10.5 Å². The molecule has 2 aromatic carbocycles. The highest BCUT2D eigenvalue weighted by molar-refractivity contribution is 6.01. The summed E-state index contributed by atoms with van der Waals surface area (Å²) in [4.78, 5) is 38.5. The maximum Gasteiger partial charge on any atom is 0.315 e. The van der Waals surface area contributed by atoms with E-state index < -0.39 is 11.9 Å². The minimum absolute atomic E-state index is 0.0913. The van der Waals surface area contributed by atoms with E-state index in [1.807, 2.05) is 17.0 Å². The van der Waals surface area contributed by atoms with Crippen LogP contribution >= 0.6 is 0 Å². The molecule has 0 saturated carbocycles. The monoisotopic (exact) mass is 562 g/mol. The van der Waals surface area contributed by atoms with Gasteiger partial charge >= 0.3 is 5.97 Å². The number of likely N-dealkylation sites (tertiary alicyclic amines) is 1. The Balaban J connectivity index is 1.36. The molecule has 2 atom stereocenters. The fourth-order valence-corrected chi connectivity index (χ4v) is 5.92. The summed E-state index contributed by atoms with van der Waals surface area (Å²) in [6, 6.07) is 15.5. The summed E-state index contributed by atoms with van der Waals surface area (Å²) in [7, 11) is 2.98. The number of anilines is 1. The molecule has 0 spiro atoms. The predicted molar refractivity (Wildman–Crippen MR) is 160 cm³/mol. The van der Waals surface area contributed by atoms with E-state index in [9.17, 15) is 14.4 Å². The van der Waals surface area contributed by atoms with Crippen LogP contribution in [0.3, 0.4) is 0 Å². The third kappa shape index (κ3) is 7.74. The normalized spacial score (nSPS) is 16.0. The Morgan fingerprint density at radius 3 is 2.59 bits per heavy atom. The topological polar surface area (TPSA) is 116 Å². The maximum atomic E-state index is 13.4. The first-order valence-electron chi connectivity index (χ1n) is 14.4. The number of aryl methyl sites for hydroxylation is 2. The van der Waals surface area contributed by atoms with Gasteiger partial charge in [0.15, 0.2) is 0 Å². The molecule has 1 saturated heterocycles. The second-order valence-electron chi connectivity index (χ2n) is 10.9. The Bertz CT molecular complexity index is 1350. The molecule has 1 aromatic heterocycles.